The van der Waals surface area contributed by atoms with Crippen molar-refractivity contribution in [3.8, 4) is 0 Å². The summed E-state index contributed by atoms with van der Waals surface area (Å²) in [6.07, 6.45) is 1.47. The molecular formula is C11H19N5O. The first-order valence-electron chi connectivity index (χ1n) is 5.80. The Labute approximate surface area is 101 Å². The molecular weight excluding hydrogens is 218 g/mol. The maximum absolute atomic E-state index is 12.2. The van der Waals surface area contributed by atoms with Crippen molar-refractivity contribution in [3.05, 3.63) is 11.9 Å². The molecule has 1 aromatic rings. The molecule has 2 atom stereocenters. The van der Waals surface area contributed by atoms with E-state index in [4.69, 9.17) is 5.73 Å². The van der Waals surface area contributed by atoms with Crippen LogP contribution in [0.4, 0.5) is 5.69 Å². The van der Waals surface area contributed by atoms with Gasteiger partial charge in [0.05, 0.1) is 11.9 Å². The Hall–Kier alpha value is -1.56. The van der Waals surface area contributed by atoms with Crippen molar-refractivity contribution >= 4 is 11.6 Å². The van der Waals surface area contributed by atoms with Crippen molar-refractivity contribution in [1.82, 2.24) is 20.0 Å². The number of likely N-dealkylation sites (N-methyl/N-ethyl adjacent to an activating group) is 1. The normalized spacial score (nSPS) is 26.2. The van der Waals surface area contributed by atoms with Crippen molar-refractivity contribution in [2.75, 3.05) is 25.9 Å². The smallest absolute Gasteiger partial charge is 0.274 e. The molecule has 2 rings (SSSR count). The molecule has 3 N–H and O–H groups in total. The Bertz CT molecular complexity index is 404. The molecule has 1 saturated heterocycles. The van der Waals surface area contributed by atoms with E-state index in [9.17, 15) is 4.79 Å². The zero-order valence-electron chi connectivity index (χ0n) is 10.5. The summed E-state index contributed by atoms with van der Waals surface area (Å²) in [4.78, 5) is 16.3. The molecule has 2 heterocycles. The molecule has 1 fully saturated rings. The van der Waals surface area contributed by atoms with E-state index in [1.165, 1.54) is 6.20 Å². The van der Waals surface area contributed by atoms with E-state index in [2.05, 4.69) is 36.0 Å². The molecule has 1 amide bonds. The Morgan fingerprint density at radius 3 is 2.53 bits per heavy atom. The minimum absolute atomic E-state index is 0.0631. The van der Waals surface area contributed by atoms with Gasteiger partial charge in [0.25, 0.3) is 5.91 Å². The zero-order chi connectivity index (χ0) is 12.6. The van der Waals surface area contributed by atoms with Gasteiger partial charge in [0, 0.05) is 25.2 Å². The van der Waals surface area contributed by atoms with Gasteiger partial charge in [-0.05, 0) is 20.9 Å². The first-order chi connectivity index (χ1) is 8.00. The van der Waals surface area contributed by atoms with Crippen LogP contribution < -0.4 is 5.73 Å². The van der Waals surface area contributed by atoms with E-state index in [1.807, 2.05) is 4.90 Å². The summed E-state index contributed by atoms with van der Waals surface area (Å²) in [7, 11) is 2.09. The number of hydrogen-bond acceptors (Lipinski definition) is 4. The molecule has 0 bridgehead atoms. The second kappa shape index (κ2) is 4.37. The van der Waals surface area contributed by atoms with Gasteiger partial charge in [-0.1, -0.05) is 0 Å². The van der Waals surface area contributed by atoms with E-state index in [0.717, 1.165) is 13.1 Å². The van der Waals surface area contributed by atoms with Gasteiger partial charge in [-0.2, -0.15) is 5.10 Å². The fourth-order valence-electron chi connectivity index (χ4n) is 2.20. The molecule has 94 valence electrons. The Morgan fingerprint density at radius 1 is 1.47 bits per heavy atom. The van der Waals surface area contributed by atoms with Crippen LogP contribution in [0.15, 0.2) is 6.20 Å². The number of anilines is 1. The molecule has 17 heavy (non-hydrogen) atoms. The summed E-state index contributed by atoms with van der Waals surface area (Å²) in [6, 6.07) is 0.707. The third-order valence-corrected chi connectivity index (χ3v) is 3.53. The number of rotatable bonds is 1. The molecule has 0 aliphatic carbocycles. The highest BCUT2D eigenvalue weighted by atomic mass is 16.2. The number of nitrogens with two attached hydrogens (primary N) is 1. The highest BCUT2D eigenvalue weighted by Gasteiger charge is 2.30. The van der Waals surface area contributed by atoms with Crippen molar-refractivity contribution in [3.63, 3.8) is 0 Å². The lowest BCUT2D eigenvalue weighted by atomic mass is 10.1. The van der Waals surface area contributed by atoms with E-state index < -0.39 is 0 Å². The topological polar surface area (TPSA) is 78.2 Å². The molecule has 6 heteroatoms. The van der Waals surface area contributed by atoms with Gasteiger partial charge in [-0.3, -0.25) is 14.8 Å². The van der Waals surface area contributed by atoms with Crippen LogP contribution in [0.1, 0.15) is 24.3 Å². The maximum Gasteiger partial charge on any atom is 0.274 e. The van der Waals surface area contributed by atoms with Crippen LogP contribution in [0.2, 0.25) is 0 Å². The van der Waals surface area contributed by atoms with Gasteiger partial charge in [-0.25, -0.2) is 0 Å². The predicted molar refractivity (Wildman–Crippen MR) is 65.6 cm³/mol. The van der Waals surface area contributed by atoms with Gasteiger partial charge < -0.3 is 10.6 Å². The van der Waals surface area contributed by atoms with E-state index in [1.54, 1.807) is 0 Å². The van der Waals surface area contributed by atoms with Crippen LogP contribution in [0.5, 0.6) is 0 Å². The van der Waals surface area contributed by atoms with Crippen LogP contribution >= 0.6 is 0 Å². The first-order valence-corrected chi connectivity index (χ1v) is 5.80. The molecule has 1 aliphatic heterocycles. The number of H-pyrrole nitrogens is 1. The second-order valence-corrected chi connectivity index (χ2v) is 4.77. The van der Waals surface area contributed by atoms with Gasteiger partial charge in [-0.15, -0.1) is 0 Å². The number of nitrogens with one attached hydrogen (secondary N) is 1. The molecule has 0 saturated carbocycles. The quantitative estimate of drug-likeness (QED) is 0.729. The van der Waals surface area contributed by atoms with Gasteiger partial charge in [0.2, 0.25) is 0 Å². The third-order valence-electron chi connectivity index (χ3n) is 3.53. The molecule has 6 nitrogen and oxygen atoms in total. The SMILES string of the molecule is CC1CN(C(=O)c2[nH]ncc2N)CC(C)N1C. The minimum Gasteiger partial charge on any atom is -0.396 e. The van der Waals surface area contributed by atoms with E-state index in [-0.39, 0.29) is 5.91 Å². The van der Waals surface area contributed by atoms with Gasteiger partial charge >= 0.3 is 0 Å². The van der Waals surface area contributed by atoms with Crippen LogP contribution in [0.25, 0.3) is 0 Å². The maximum atomic E-state index is 12.2. The number of amides is 1. The summed E-state index contributed by atoms with van der Waals surface area (Å²) < 4.78 is 0. The van der Waals surface area contributed by atoms with Crippen molar-refractivity contribution in [1.29, 1.82) is 0 Å². The fraction of sp³-hybridized carbons (Fsp3) is 0.636. The lowest BCUT2D eigenvalue weighted by Gasteiger charge is -2.42. The van der Waals surface area contributed by atoms with Crippen molar-refractivity contribution in [2.45, 2.75) is 25.9 Å². The van der Waals surface area contributed by atoms with E-state index in [0.29, 0.717) is 23.5 Å². The standard InChI is InChI=1S/C11H19N5O/c1-7-5-16(6-8(2)15(7)3)11(17)10-9(12)4-13-14-10/h4,7-8H,5-6,12H2,1-3H3,(H,13,14). The second-order valence-electron chi connectivity index (χ2n) is 4.77. The number of nitrogen functional groups attached to an aromatic ring is 1. The summed E-state index contributed by atoms with van der Waals surface area (Å²) in [5.41, 5.74) is 6.50. The Balaban J connectivity index is 2.14. The Kier molecular flexibility index (Phi) is 3.06. The fourth-order valence-corrected chi connectivity index (χ4v) is 2.20. The summed E-state index contributed by atoms with van der Waals surface area (Å²) >= 11 is 0. The molecule has 1 aliphatic rings. The number of carbonyl (C=O) groups excluding carboxylic acids is 1. The molecule has 2 unspecified atom stereocenters. The predicted octanol–water partition coefficient (Wildman–Crippen LogP) is 0.157. The van der Waals surface area contributed by atoms with Crippen LogP contribution in [-0.2, 0) is 0 Å². The number of carbonyl (C=O) groups is 1. The summed E-state index contributed by atoms with van der Waals surface area (Å²) in [5.74, 6) is -0.0631. The van der Waals surface area contributed by atoms with Gasteiger partial charge in [0.15, 0.2) is 0 Å². The number of aromatic nitrogens is 2. The van der Waals surface area contributed by atoms with Crippen LogP contribution in [-0.4, -0.2) is 58.1 Å². The van der Waals surface area contributed by atoms with E-state index >= 15 is 0 Å². The number of hydrogen-bond donors (Lipinski definition) is 2. The zero-order valence-corrected chi connectivity index (χ0v) is 10.5. The summed E-state index contributed by atoms with van der Waals surface area (Å²) in [6.45, 7) is 5.68. The van der Waals surface area contributed by atoms with Crippen LogP contribution in [0, 0.1) is 0 Å². The monoisotopic (exact) mass is 237 g/mol. The third kappa shape index (κ3) is 2.12. The average Bonchev–Trinajstić information content (AvgIpc) is 2.70. The van der Waals surface area contributed by atoms with Gasteiger partial charge in [0.1, 0.15) is 5.69 Å². The number of nitrogens with zero attached hydrogens (tertiary/aromatic N) is 3. The molecule has 0 spiro atoms. The highest BCUT2D eigenvalue weighted by Crippen LogP contribution is 2.17. The van der Waals surface area contributed by atoms with Crippen molar-refractivity contribution in [2.24, 2.45) is 0 Å². The Morgan fingerprint density at radius 2 is 2.06 bits per heavy atom. The first kappa shape index (κ1) is 11.9. The molecule has 0 aromatic carbocycles. The number of piperazine rings is 1. The van der Waals surface area contributed by atoms with Crippen molar-refractivity contribution < 1.29 is 4.79 Å². The average molecular weight is 237 g/mol. The summed E-state index contributed by atoms with van der Waals surface area (Å²) in [5, 5.41) is 6.45. The lowest BCUT2D eigenvalue weighted by molar-refractivity contribution is 0.0410. The minimum atomic E-state index is -0.0631. The molecule has 0 radical (unpaired) electrons. The highest BCUT2D eigenvalue weighted by molar-refractivity contribution is 5.97. The molecule has 1 aromatic heterocycles. The largest absolute Gasteiger partial charge is 0.396 e. The lowest BCUT2D eigenvalue weighted by Crippen LogP contribution is -2.56. The number of aromatic amines is 1. The van der Waals surface area contributed by atoms with Crippen LogP contribution in [0.3, 0.4) is 0 Å².